The number of rotatable bonds is 3. The molecule has 0 bridgehead atoms. The predicted molar refractivity (Wildman–Crippen MR) is 53.0 cm³/mol. The monoisotopic (exact) mass is 235 g/mol. The Morgan fingerprint density at radius 1 is 1.53 bits per heavy atom. The summed E-state index contributed by atoms with van der Waals surface area (Å²) in [6, 6.07) is -0.830. The number of amides is 1. The molecule has 0 aromatic rings. The Morgan fingerprint density at radius 2 is 2.13 bits per heavy atom. The number of carboxylic acid groups (broad SMARTS) is 1. The summed E-state index contributed by atoms with van der Waals surface area (Å²) in [7, 11) is -3.42. The molecule has 1 amide bonds. The van der Waals surface area contributed by atoms with Gasteiger partial charge in [0.2, 0.25) is 13.3 Å². The maximum absolute atomic E-state index is 11.5. The van der Waals surface area contributed by atoms with E-state index in [9.17, 15) is 14.2 Å². The molecule has 1 saturated heterocycles. The molecule has 15 heavy (non-hydrogen) atoms. The second-order valence-electron chi connectivity index (χ2n) is 3.79. The lowest BCUT2D eigenvalue weighted by molar-refractivity contribution is -0.147. The number of hydrogen-bond donors (Lipinski definition) is 2. The Labute approximate surface area is 87.3 Å². The first-order valence-corrected chi connectivity index (χ1v) is 6.92. The van der Waals surface area contributed by atoms with Gasteiger partial charge in [-0.1, -0.05) is 0 Å². The van der Waals surface area contributed by atoms with E-state index in [1.807, 2.05) is 0 Å². The van der Waals surface area contributed by atoms with E-state index in [1.54, 1.807) is 0 Å². The summed E-state index contributed by atoms with van der Waals surface area (Å²) in [5, 5.41) is 8.81. The molecule has 0 spiro atoms. The SMILES string of the molecule is CP(=O)(O)CC(=O)N1CCC[C@H]1C(=O)O. The van der Waals surface area contributed by atoms with Gasteiger partial charge in [0.05, 0.1) is 0 Å². The molecule has 1 fully saturated rings. The molecule has 1 aliphatic rings. The normalized spacial score (nSPS) is 24.9. The zero-order valence-electron chi connectivity index (χ0n) is 8.42. The minimum atomic E-state index is -3.42. The molecule has 1 rings (SSSR count). The summed E-state index contributed by atoms with van der Waals surface area (Å²) in [5.41, 5.74) is 0. The van der Waals surface area contributed by atoms with Crippen LogP contribution in [0.15, 0.2) is 0 Å². The number of likely N-dealkylation sites (tertiary alicyclic amines) is 1. The van der Waals surface area contributed by atoms with Crippen LogP contribution in [0.5, 0.6) is 0 Å². The van der Waals surface area contributed by atoms with Gasteiger partial charge in [-0.05, 0) is 12.8 Å². The Balaban J connectivity index is 2.67. The number of aliphatic carboxylic acids is 1. The van der Waals surface area contributed by atoms with Gasteiger partial charge in [-0.2, -0.15) is 0 Å². The van der Waals surface area contributed by atoms with E-state index < -0.39 is 31.4 Å². The molecule has 1 heterocycles. The lowest BCUT2D eigenvalue weighted by Gasteiger charge is -2.21. The zero-order valence-corrected chi connectivity index (χ0v) is 9.31. The average Bonchev–Trinajstić information content (AvgIpc) is 2.47. The molecule has 7 heteroatoms. The topological polar surface area (TPSA) is 94.9 Å². The smallest absolute Gasteiger partial charge is 0.326 e. The van der Waals surface area contributed by atoms with Crippen molar-refractivity contribution in [3.63, 3.8) is 0 Å². The molecular formula is C8H14NO5P. The van der Waals surface area contributed by atoms with Gasteiger partial charge < -0.3 is 14.9 Å². The van der Waals surface area contributed by atoms with Crippen LogP contribution in [-0.2, 0) is 14.2 Å². The van der Waals surface area contributed by atoms with Crippen LogP contribution >= 0.6 is 7.37 Å². The molecule has 1 unspecified atom stereocenters. The van der Waals surface area contributed by atoms with Crippen LogP contribution in [0, 0.1) is 0 Å². The number of carboxylic acids is 1. The van der Waals surface area contributed by atoms with Crippen LogP contribution in [0.2, 0.25) is 0 Å². The van der Waals surface area contributed by atoms with Crippen molar-refractivity contribution in [2.24, 2.45) is 0 Å². The van der Waals surface area contributed by atoms with Crippen molar-refractivity contribution in [1.82, 2.24) is 4.90 Å². The van der Waals surface area contributed by atoms with Crippen LogP contribution in [0.3, 0.4) is 0 Å². The van der Waals surface area contributed by atoms with Gasteiger partial charge in [0.25, 0.3) is 0 Å². The van der Waals surface area contributed by atoms with Crippen molar-refractivity contribution in [2.45, 2.75) is 18.9 Å². The molecule has 0 radical (unpaired) electrons. The number of hydrogen-bond acceptors (Lipinski definition) is 3. The highest BCUT2D eigenvalue weighted by Gasteiger charge is 2.35. The van der Waals surface area contributed by atoms with Crippen molar-refractivity contribution in [3.8, 4) is 0 Å². The zero-order chi connectivity index (χ0) is 11.6. The third-order valence-electron chi connectivity index (χ3n) is 2.29. The third-order valence-corrected chi connectivity index (χ3v) is 3.14. The second-order valence-corrected chi connectivity index (χ2v) is 6.21. The Bertz CT molecular complexity index is 323. The Morgan fingerprint density at radius 3 is 2.60 bits per heavy atom. The fourth-order valence-electron chi connectivity index (χ4n) is 1.66. The standard InChI is InChI=1S/C8H14NO5P/c1-15(13,14)5-7(10)9-4-2-3-6(9)8(11)12/h6H,2-5H2,1H3,(H,11,12)(H,13,14)/t6-/m0/s1. The molecule has 0 aromatic carbocycles. The van der Waals surface area contributed by atoms with E-state index in [0.717, 1.165) is 6.66 Å². The van der Waals surface area contributed by atoms with Crippen LogP contribution in [0.4, 0.5) is 0 Å². The minimum absolute atomic E-state index is 0.357. The summed E-state index contributed by atoms with van der Waals surface area (Å²) in [5.74, 6) is -1.60. The molecule has 86 valence electrons. The fourth-order valence-corrected chi connectivity index (χ4v) is 2.35. The molecule has 0 aromatic heterocycles. The molecule has 1 aliphatic heterocycles. The third kappa shape index (κ3) is 3.32. The Kier molecular flexibility index (Phi) is 3.52. The molecule has 0 aliphatic carbocycles. The first-order valence-electron chi connectivity index (χ1n) is 4.63. The van der Waals surface area contributed by atoms with Crippen molar-refractivity contribution >= 4 is 19.2 Å². The largest absolute Gasteiger partial charge is 0.480 e. The maximum atomic E-state index is 11.5. The van der Waals surface area contributed by atoms with E-state index in [2.05, 4.69) is 0 Å². The average molecular weight is 235 g/mol. The molecule has 2 atom stereocenters. The number of nitrogens with zero attached hydrogens (tertiary/aromatic N) is 1. The van der Waals surface area contributed by atoms with Gasteiger partial charge in [-0.25, -0.2) is 4.79 Å². The summed E-state index contributed by atoms with van der Waals surface area (Å²) in [4.78, 5) is 32.5. The van der Waals surface area contributed by atoms with Gasteiger partial charge in [-0.15, -0.1) is 0 Å². The summed E-state index contributed by atoms with van der Waals surface area (Å²) in [6.45, 7) is 1.45. The highest BCUT2D eigenvalue weighted by atomic mass is 31.2. The quantitative estimate of drug-likeness (QED) is 0.669. The minimum Gasteiger partial charge on any atom is -0.480 e. The van der Waals surface area contributed by atoms with Crippen LogP contribution in [0.25, 0.3) is 0 Å². The lowest BCUT2D eigenvalue weighted by atomic mass is 10.2. The van der Waals surface area contributed by atoms with E-state index in [0.29, 0.717) is 19.4 Å². The lowest BCUT2D eigenvalue weighted by Crippen LogP contribution is -2.41. The van der Waals surface area contributed by atoms with Gasteiger partial charge in [0, 0.05) is 13.2 Å². The first kappa shape index (κ1) is 12.2. The van der Waals surface area contributed by atoms with Crippen LogP contribution in [0.1, 0.15) is 12.8 Å². The van der Waals surface area contributed by atoms with Gasteiger partial charge >= 0.3 is 5.97 Å². The predicted octanol–water partition coefficient (Wildman–Crippen LogP) is -0.0378. The molecule has 2 N–H and O–H groups in total. The van der Waals surface area contributed by atoms with E-state index >= 15 is 0 Å². The molecule has 0 saturated carbocycles. The number of carbonyl (C=O) groups is 2. The Hall–Kier alpha value is -0.870. The van der Waals surface area contributed by atoms with Crippen molar-refractivity contribution < 1.29 is 24.2 Å². The van der Waals surface area contributed by atoms with Crippen molar-refractivity contribution in [2.75, 3.05) is 19.4 Å². The molecular weight excluding hydrogens is 221 g/mol. The summed E-state index contributed by atoms with van der Waals surface area (Å²) in [6.07, 6.45) is 0.569. The van der Waals surface area contributed by atoms with Crippen molar-refractivity contribution in [3.05, 3.63) is 0 Å². The highest BCUT2D eigenvalue weighted by molar-refractivity contribution is 7.58. The van der Waals surface area contributed by atoms with Gasteiger partial charge in [0.1, 0.15) is 12.2 Å². The summed E-state index contributed by atoms with van der Waals surface area (Å²) < 4.78 is 11.0. The summed E-state index contributed by atoms with van der Waals surface area (Å²) >= 11 is 0. The van der Waals surface area contributed by atoms with E-state index in [4.69, 9.17) is 10.00 Å². The van der Waals surface area contributed by atoms with Gasteiger partial charge in [0.15, 0.2) is 0 Å². The van der Waals surface area contributed by atoms with Crippen LogP contribution in [-0.4, -0.2) is 52.2 Å². The van der Waals surface area contributed by atoms with E-state index in [1.165, 1.54) is 4.90 Å². The van der Waals surface area contributed by atoms with Gasteiger partial charge in [-0.3, -0.25) is 9.36 Å². The molecule has 6 nitrogen and oxygen atoms in total. The second kappa shape index (κ2) is 4.33. The number of carbonyl (C=O) groups excluding carboxylic acids is 1. The van der Waals surface area contributed by atoms with Crippen molar-refractivity contribution in [1.29, 1.82) is 0 Å². The first-order chi connectivity index (χ1) is 6.81. The fraction of sp³-hybridized carbons (Fsp3) is 0.750. The van der Waals surface area contributed by atoms with Crippen LogP contribution < -0.4 is 0 Å². The maximum Gasteiger partial charge on any atom is 0.326 e. The van der Waals surface area contributed by atoms with E-state index in [-0.39, 0.29) is 0 Å². The highest BCUT2D eigenvalue weighted by Crippen LogP contribution is 2.35.